The normalized spacial score (nSPS) is 26.7. The second kappa shape index (κ2) is 5.81. The topological polar surface area (TPSA) is 81.9 Å². The highest BCUT2D eigenvalue weighted by molar-refractivity contribution is 7.93. The third-order valence-corrected chi connectivity index (χ3v) is 6.48. The smallest absolute Gasteiger partial charge is 0.239 e. The predicted molar refractivity (Wildman–Crippen MR) is 78.8 cm³/mol. The summed E-state index contributed by atoms with van der Waals surface area (Å²) >= 11 is 0. The molecule has 2 fully saturated rings. The zero-order chi connectivity index (χ0) is 14.9. The molecule has 118 valence electrons. The van der Waals surface area contributed by atoms with E-state index in [1.54, 1.807) is 10.4 Å². The molecular formula is C14H22N2O4S. The minimum atomic E-state index is -3.37. The van der Waals surface area contributed by atoms with Gasteiger partial charge in [-0.2, -0.15) is 4.31 Å². The van der Waals surface area contributed by atoms with Crippen LogP contribution in [0.5, 0.6) is 0 Å². The molecule has 0 unspecified atom stereocenters. The molecule has 7 heteroatoms. The summed E-state index contributed by atoms with van der Waals surface area (Å²) in [7, 11) is -3.37. The number of nitrogens with two attached hydrogens (primary N) is 1. The molecule has 2 aliphatic heterocycles. The molecule has 0 aromatic carbocycles. The molecule has 0 saturated carbocycles. The summed E-state index contributed by atoms with van der Waals surface area (Å²) in [5, 5.41) is 0. The fourth-order valence-electron chi connectivity index (χ4n) is 3.07. The number of rotatable bonds is 3. The Kier molecular flexibility index (Phi) is 4.20. The average Bonchev–Trinajstić information content (AvgIpc) is 2.96. The van der Waals surface area contributed by atoms with Crippen LogP contribution in [0.1, 0.15) is 25.7 Å². The molecule has 0 aromatic rings. The van der Waals surface area contributed by atoms with Gasteiger partial charge in [0.05, 0.1) is 18.1 Å². The van der Waals surface area contributed by atoms with Crippen LogP contribution in [0.2, 0.25) is 0 Å². The molecule has 3 aliphatic rings. The summed E-state index contributed by atoms with van der Waals surface area (Å²) in [5.74, 6) is -0.542. The van der Waals surface area contributed by atoms with Gasteiger partial charge in [-0.3, -0.25) is 0 Å². The molecular weight excluding hydrogens is 292 g/mol. The Morgan fingerprint density at radius 1 is 1.14 bits per heavy atom. The largest absolute Gasteiger partial charge is 0.347 e. The van der Waals surface area contributed by atoms with Crippen LogP contribution >= 0.6 is 0 Å². The summed E-state index contributed by atoms with van der Waals surface area (Å²) in [6.07, 6.45) is 6.01. The number of hydrogen-bond donors (Lipinski definition) is 1. The van der Waals surface area contributed by atoms with E-state index in [0.29, 0.717) is 57.0 Å². The average molecular weight is 314 g/mol. The number of nitrogens with zero attached hydrogens (tertiary/aromatic N) is 1. The van der Waals surface area contributed by atoms with E-state index in [9.17, 15) is 8.42 Å². The zero-order valence-electron chi connectivity index (χ0n) is 12.1. The second-order valence-corrected chi connectivity index (χ2v) is 7.66. The van der Waals surface area contributed by atoms with Crippen LogP contribution in [0.3, 0.4) is 0 Å². The van der Waals surface area contributed by atoms with E-state index >= 15 is 0 Å². The van der Waals surface area contributed by atoms with Crippen molar-refractivity contribution in [3.63, 3.8) is 0 Å². The standard InChI is InChI=1S/C14H22N2O4S/c15-11-12-1-3-13(4-2-12)21(17,18)16-7-5-14(6-8-16)19-9-10-20-14/h1,3H,2,4-11,15H2. The molecule has 6 nitrogen and oxygen atoms in total. The third kappa shape index (κ3) is 2.93. The van der Waals surface area contributed by atoms with E-state index in [1.807, 2.05) is 6.08 Å². The minimum absolute atomic E-state index is 0.452. The first-order valence-corrected chi connectivity index (χ1v) is 8.86. The maximum atomic E-state index is 12.7. The van der Waals surface area contributed by atoms with Crippen molar-refractivity contribution in [1.82, 2.24) is 4.31 Å². The fraction of sp³-hybridized carbons (Fsp3) is 0.714. The van der Waals surface area contributed by atoms with Crippen molar-refractivity contribution < 1.29 is 17.9 Å². The van der Waals surface area contributed by atoms with Crippen molar-refractivity contribution in [2.75, 3.05) is 32.8 Å². The van der Waals surface area contributed by atoms with Gasteiger partial charge in [-0.25, -0.2) is 8.42 Å². The van der Waals surface area contributed by atoms with E-state index in [-0.39, 0.29) is 0 Å². The van der Waals surface area contributed by atoms with Crippen molar-refractivity contribution in [2.24, 2.45) is 5.73 Å². The Morgan fingerprint density at radius 3 is 2.33 bits per heavy atom. The second-order valence-electron chi connectivity index (χ2n) is 5.67. The van der Waals surface area contributed by atoms with Gasteiger partial charge in [-0.05, 0) is 18.9 Å². The highest BCUT2D eigenvalue weighted by Crippen LogP contribution is 2.34. The van der Waals surface area contributed by atoms with Gasteiger partial charge in [-0.1, -0.05) is 11.6 Å². The van der Waals surface area contributed by atoms with Gasteiger partial charge >= 0.3 is 0 Å². The molecule has 0 amide bonds. The van der Waals surface area contributed by atoms with Crippen molar-refractivity contribution in [1.29, 1.82) is 0 Å². The van der Waals surface area contributed by atoms with Gasteiger partial charge in [0.15, 0.2) is 5.79 Å². The summed E-state index contributed by atoms with van der Waals surface area (Å²) in [5.41, 5.74) is 6.68. The predicted octanol–water partition coefficient (Wildman–Crippen LogP) is 0.718. The molecule has 3 rings (SSSR count). The molecule has 2 heterocycles. The van der Waals surface area contributed by atoms with E-state index in [0.717, 1.165) is 12.0 Å². The zero-order valence-corrected chi connectivity index (χ0v) is 12.9. The number of ether oxygens (including phenoxy) is 2. The van der Waals surface area contributed by atoms with Crippen molar-refractivity contribution in [2.45, 2.75) is 31.5 Å². The van der Waals surface area contributed by atoms with Crippen LogP contribution in [-0.2, 0) is 19.5 Å². The Balaban J connectivity index is 1.69. The monoisotopic (exact) mass is 314 g/mol. The van der Waals surface area contributed by atoms with Crippen LogP contribution < -0.4 is 5.73 Å². The number of sulfonamides is 1. The fourth-order valence-corrected chi connectivity index (χ4v) is 4.66. The summed E-state index contributed by atoms with van der Waals surface area (Å²) in [6, 6.07) is 0. The van der Waals surface area contributed by atoms with Crippen molar-refractivity contribution in [3.05, 3.63) is 22.6 Å². The Hall–Kier alpha value is -0.730. The van der Waals surface area contributed by atoms with Crippen molar-refractivity contribution >= 4 is 10.0 Å². The number of hydrogen-bond acceptors (Lipinski definition) is 5. The first kappa shape index (κ1) is 15.2. The molecule has 0 bridgehead atoms. The molecule has 21 heavy (non-hydrogen) atoms. The summed E-state index contributed by atoms with van der Waals surface area (Å²) in [6.45, 7) is 2.60. The van der Waals surface area contributed by atoms with Crippen LogP contribution in [0.15, 0.2) is 22.6 Å². The van der Waals surface area contributed by atoms with Gasteiger partial charge in [0, 0.05) is 32.5 Å². The Labute approximate surface area is 125 Å². The first-order valence-electron chi connectivity index (χ1n) is 7.42. The number of allylic oxidation sites excluding steroid dienone is 3. The molecule has 1 spiro atoms. The van der Waals surface area contributed by atoms with Crippen LogP contribution in [0.25, 0.3) is 0 Å². The molecule has 0 aromatic heterocycles. The first-order chi connectivity index (χ1) is 10.1. The highest BCUT2D eigenvalue weighted by atomic mass is 32.2. The lowest BCUT2D eigenvalue weighted by Crippen LogP contribution is -2.47. The maximum absolute atomic E-state index is 12.7. The highest BCUT2D eigenvalue weighted by Gasteiger charge is 2.43. The van der Waals surface area contributed by atoms with Crippen LogP contribution in [0, 0.1) is 0 Å². The van der Waals surface area contributed by atoms with Crippen molar-refractivity contribution in [3.8, 4) is 0 Å². The van der Waals surface area contributed by atoms with E-state index < -0.39 is 15.8 Å². The molecule has 0 radical (unpaired) electrons. The van der Waals surface area contributed by atoms with Crippen LogP contribution in [-0.4, -0.2) is 51.4 Å². The summed E-state index contributed by atoms with van der Waals surface area (Å²) < 4.78 is 38.1. The van der Waals surface area contributed by atoms with Gasteiger partial charge in [0.25, 0.3) is 0 Å². The van der Waals surface area contributed by atoms with Gasteiger partial charge < -0.3 is 15.2 Å². The van der Waals surface area contributed by atoms with Gasteiger partial charge in [-0.15, -0.1) is 0 Å². The minimum Gasteiger partial charge on any atom is -0.347 e. The van der Waals surface area contributed by atoms with E-state index in [1.165, 1.54) is 0 Å². The number of piperidine rings is 1. The van der Waals surface area contributed by atoms with Gasteiger partial charge in [0.1, 0.15) is 0 Å². The summed E-state index contributed by atoms with van der Waals surface area (Å²) in [4.78, 5) is 0.490. The quantitative estimate of drug-likeness (QED) is 0.830. The molecule has 2 N–H and O–H groups in total. The molecule has 0 atom stereocenters. The lowest BCUT2D eigenvalue weighted by Gasteiger charge is -2.37. The lowest BCUT2D eigenvalue weighted by molar-refractivity contribution is -0.179. The molecule has 1 aliphatic carbocycles. The van der Waals surface area contributed by atoms with Crippen LogP contribution in [0.4, 0.5) is 0 Å². The van der Waals surface area contributed by atoms with E-state index in [4.69, 9.17) is 15.2 Å². The Morgan fingerprint density at radius 2 is 1.81 bits per heavy atom. The molecule has 2 saturated heterocycles. The third-order valence-electron chi connectivity index (χ3n) is 4.43. The lowest BCUT2D eigenvalue weighted by atomic mass is 10.1. The van der Waals surface area contributed by atoms with Gasteiger partial charge in [0.2, 0.25) is 10.0 Å². The Bertz CT molecular complexity index is 552. The SMILES string of the molecule is NCC1=CC=C(S(=O)(=O)N2CCC3(CC2)OCCO3)CC1. The van der Waals surface area contributed by atoms with E-state index in [2.05, 4.69) is 0 Å². The maximum Gasteiger partial charge on any atom is 0.239 e.